The molecule has 0 aliphatic rings. The van der Waals surface area contributed by atoms with Crippen molar-refractivity contribution in [1.82, 2.24) is 0 Å². The van der Waals surface area contributed by atoms with Crippen molar-refractivity contribution in [3.8, 4) is 0 Å². The van der Waals surface area contributed by atoms with Gasteiger partial charge in [-0.2, -0.15) is 0 Å². The highest BCUT2D eigenvalue weighted by atomic mass is 16.6. The molecular weight excluding hydrogens is 176 g/mol. The van der Waals surface area contributed by atoms with Gasteiger partial charge < -0.3 is 9.84 Å². The van der Waals surface area contributed by atoms with Gasteiger partial charge in [0.25, 0.3) is 0 Å². The molecule has 0 spiro atoms. The molecule has 0 rings (SSSR count). The second-order valence-electron chi connectivity index (χ2n) is 2.09. The molecule has 0 unspecified atom stereocenters. The summed E-state index contributed by atoms with van der Waals surface area (Å²) in [5.41, 5.74) is -0.289. The molecule has 0 atom stereocenters. The highest BCUT2D eigenvalue weighted by molar-refractivity contribution is 6.00. The predicted octanol–water partition coefficient (Wildman–Crippen LogP) is 0.273. The molecule has 0 saturated carbocycles. The minimum absolute atomic E-state index is 0.289. The molecule has 0 amide bonds. The van der Waals surface area contributed by atoms with E-state index in [2.05, 4.69) is 17.9 Å². The topological polar surface area (TPSA) is 80.7 Å². The lowest BCUT2D eigenvalue weighted by atomic mass is 10.2. The van der Waals surface area contributed by atoms with Crippen molar-refractivity contribution in [3.05, 3.63) is 24.8 Å². The maximum absolute atomic E-state index is 10.8. The van der Waals surface area contributed by atoms with Gasteiger partial charge in [0.2, 0.25) is 0 Å². The molecular formula is C8H8O5. The summed E-state index contributed by atoms with van der Waals surface area (Å²) >= 11 is 0. The van der Waals surface area contributed by atoms with Crippen LogP contribution in [0.25, 0.3) is 0 Å². The van der Waals surface area contributed by atoms with Crippen molar-refractivity contribution in [3.63, 3.8) is 0 Å². The van der Waals surface area contributed by atoms with Gasteiger partial charge in [-0.3, -0.25) is 4.79 Å². The molecule has 1 N–H and O–H groups in total. The fourth-order valence-electron chi connectivity index (χ4n) is 0.460. The SMILES string of the molecule is C=CC(=O)OC(=O)C(=C)CC(=O)O. The molecule has 0 aliphatic heterocycles. The molecule has 0 aromatic heterocycles. The molecule has 0 aromatic rings. The van der Waals surface area contributed by atoms with E-state index in [-0.39, 0.29) is 5.57 Å². The number of carbonyl (C=O) groups excluding carboxylic acids is 2. The smallest absolute Gasteiger partial charge is 0.341 e. The van der Waals surface area contributed by atoms with Crippen molar-refractivity contribution in [1.29, 1.82) is 0 Å². The first kappa shape index (κ1) is 11.1. The molecule has 0 bridgehead atoms. The Labute approximate surface area is 74.3 Å². The normalized spacial score (nSPS) is 8.62. The maximum Gasteiger partial charge on any atom is 0.341 e. The van der Waals surface area contributed by atoms with Crippen LogP contribution in [0.15, 0.2) is 24.8 Å². The Morgan fingerprint density at radius 2 is 1.92 bits per heavy atom. The highest BCUT2D eigenvalue weighted by Gasteiger charge is 2.14. The van der Waals surface area contributed by atoms with Crippen LogP contribution in [-0.2, 0) is 19.1 Å². The van der Waals surface area contributed by atoms with Crippen molar-refractivity contribution < 1.29 is 24.2 Å². The Morgan fingerprint density at radius 1 is 1.38 bits per heavy atom. The third-order valence-corrected chi connectivity index (χ3v) is 1.01. The van der Waals surface area contributed by atoms with E-state index in [9.17, 15) is 14.4 Å². The first-order chi connectivity index (χ1) is 5.97. The molecule has 0 radical (unpaired) electrons. The van der Waals surface area contributed by atoms with Gasteiger partial charge in [0.15, 0.2) is 0 Å². The Bertz CT molecular complexity index is 276. The fourth-order valence-corrected chi connectivity index (χ4v) is 0.460. The van der Waals surface area contributed by atoms with Crippen LogP contribution in [0.2, 0.25) is 0 Å². The third kappa shape index (κ3) is 4.52. The average molecular weight is 184 g/mol. The summed E-state index contributed by atoms with van der Waals surface area (Å²) in [4.78, 5) is 31.4. The van der Waals surface area contributed by atoms with Crippen LogP contribution in [0.4, 0.5) is 0 Å². The van der Waals surface area contributed by atoms with Crippen molar-refractivity contribution >= 4 is 17.9 Å². The minimum Gasteiger partial charge on any atom is -0.481 e. The number of aliphatic carboxylic acids is 1. The minimum atomic E-state index is -1.21. The van der Waals surface area contributed by atoms with Crippen LogP contribution < -0.4 is 0 Å². The first-order valence-electron chi connectivity index (χ1n) is 3.25. The summed E-state index contributed by atoms with van der Waals surface area (Å²) in [6.07, 6.45) is 0.245. The van der Waals surface area contributed by atoms with E-state index in [0.717, 1.165) is 6.08 Å². The molecule has 70 valence electrons. The van der Waals surface area contributed by atoms with Gasteiger partial charge >= 0.3 is 17.9 Å². The van der Waals surface area contributed by atoms with Crippen molar-refractivity contribution in [2.45, 2.75) is 6.42 Å². The van der Waals surface area contributed by atoms with E-state index in [0.29, 0.717) is 0 Å². The number of ether oxygens (including phenoxy) is 1. The number of carbonyl (C=O) groups is 3. The van der Waals surface area contributed by atoms with Gasteiger partial charge in [-0.05, 0) is 0 Å². The highest BCUT2D eigenvalue weighted by Crippen LogP contribution is 2.01. The summed E-state index contributed by atoms with van der Waals surface area (Å²) < 4.78 is 4.10. The Balaban J connectivity index is 4.12. The molecule has 0 saturated heterocycles. The summed E-state index contributed by atoms with van der Waals surface area (Å²) in [5.74, 6) is -3.20. The number of hydrogen-bond acceptors (Lipinski definition) is 4. The van der Waals surface area contributed by atoms with E-state index in [1.165, 1.54) is 0 Å². The molecule has 0 heterocycles. The number of carboxylic acids is 1. The zero-order valence-corrected chi connectivity index (χ0v) is 6.78. The standard InChI is InChI=1S/C8H8O5/c1-3-7(11)13-8(12)5(2)4-6(9)10/h3H,1-2,4H2,(H,9,10). The first-order valence-corrected chi connectivity index (χ1v) is 3.25. The van der Waals surface area contributed by atoms with Crippen LogP contribution in [0.3, 0.4) is 0 Å². The summed E-state index contributed by atoms with van der Waals surface area (Å²) in [7, 11) is 0. The largest absolute Gasteiger partial charge is 0.481 e. The van der Waals surface area contributed by atoms with Crippen LogP contribution >= 0.6 is 0 Å². The predicted molar refractivity (Wildman–Crippen MR) is 42.7 cm³/mol. The molecule has 13 heavy (non-hydrogen) atoms. The van der Waals surface area contributed by atoms with E-state index in [4.69, 9.17) is 5.11 Å². The number of esters is 2. The van der Waals surface area contributed by atoms with Crippen molar-refractivity contribution in [2.75, 3.05) is 0 Å². The molecule has 0 fully saturated rings. The third-order valence-electron chi connectivity index (χ3n) is 1.01. The Morgan fingerprint density at radius 3 is 2.31 bits per heavy atom. The van der Waals surface area contributed by atoms with Gasteiger partial charge in [0.1, 0.15) is 0 Å². The molecule has 5 nitrogen and oxygen atoms in total. The quantitative estimate of drug-likeness (QED) is 0.385. The van der Waals surface area contributed by atoms with Crippen molar-refractivity contribution in [2.24, 2.45) is 0 Å². The second kappa shape index (κ2) is 4.87. The number of rotatable bonds is 4. The monoisotopic (exact) mass is 184 g/mol. The fraction of sp³-hybridized carbons (Fsp3) is 0.125. The van der Waals surface area contributed by atoms with Crippen LogP contribution in [0.1, 0.15) is 6.42 Å². The summed E-state index contributed by atoms with van der Waals surface area (Å²) in [5, 5.41) is 8.25. The lowest BCUT2D eigenvalue weighted by Crippen LogP contribution is -2.13. The van der Waals surface area contributed by atoms with Crippen LogP contribution in [0.5, 0.6) is 0 Å². The zero-order chi connectivity index (χ0) is 10.4. The molecule has 0 aromatic carbocycles. The number of carboxylic acid groups (broad SMARTS) is 1. The summed E-state index contributed by atoms with van der Waals surface area (Å²) in [6.45, 7) is 6.20. The van der Waals surface area contributed by atoms with E-state index in [1.807, 2.05) is 0 Å². The Hall–Kier alpha value is -1.91. The molecule has 5 heteroatoms. The van der Waals surface area contributed by atoms with E-state index in [1.54, 1.807) is 0 Å². The van der Waals surface area contributed by atoms with Gasteiger partial charge in [-0.15, -0.1) is 0 Å². The second-order valence-corrected chi connectivity index (χ2v) is 2.09. The average Bonchev–Trinajstić information content (AvgIpc) is 2.02. The van der Waals surface area contributed by atoms with Crippen LogP contribution in [0, 0.1) is 0 Å². The van der Waals surface area contributed by atoms with E-state index >= 15 is 0 Å². The Kier molecular flexibility index (Phi) is 4.15. The lowest BCUT2D eigenvalue weighted by molar-refractivity contribution is -0.154. The van der Waals surface area contributed by atoms with Gasteiger partial charge in [0, 0.05) is 11.6 Å². The number of hydrogen-bond donors (Lipinski definition) is 1. The zero-order valence-electron chi connectivity index (χ0n) is 6.78. The van der Waals surface area contributed by atoms with Gasteiger partial charge in [0.05, 0.1) is 6.42 Å². The maximum atomic E-state index is 10.8. The molecule has 0 aliphatic carbocycles. The summed E-state index contributed by atoms with van der Waals surface area (Å²) in [6, 6.07) is 0. The van der Waals surface area contributed by atoms with E-state index < -0.39 is 24.3 Å². The van der Waals surface area contributed by atoms with Gasteiger partial charge in [-0.1, -0.05) is 13.2 Å². The van der Waals surface area contributed by atoms with Crippen LogP contribution in [-0.4, -0.2) is 23.0 Å². The van der Waals surface area contributed by atoms with Gasteiger partial charge in [-0.25, -0.2) is 9.59 Å². The lowest BCUT2D eigenvalue weighted by Gasteiger charge is -1.99.